The van der Waals surface area contributed by atoms with Crippen molar-refractivity contribution in [2.75, 3.05) is 6.54 Å². The molecule has 1 aromatic heterocycles. The van der Waals surface area contributed by atoms with E-state index in [0.29, 0.717) is 6.04 Å². The summed E-state index contributed by atoms with van der Waals surface area (Å²) in [7, 11) is 0. The number of aromatic nitrogens is 2. The molecule has 3 heterocycles. The Kier molecular flexibility index (Phi) is 3.16. The number of hydrogen-bond donors (Lipinski definition) is 2. The summed E-state index contributed by atoms with van der Waals surface area (Å²) in [6, 6.07) is 0.622. The lowest BCUT2D eigenvalue weighted by Gasteiger charge is -2.22. The lowest BCUT2D eigenvalue weighted by atomic mass is 10.0. The number of nitrogens with two attached hydrogens (primary N) is 1. The minimum atomic E-state index is 0.152. The molecule has 1 aromatic rings. The first-order chi connectivity index (χ1) is 8.33. The fourth-order valence-corrected chi connectivity index (χ4v) is 3.02. The molecule has 0 bridgehead atoms. The Balaban J connectivity index is 1.71. The van der Waals surface area contributed by atoms with Crippen molar-refractivity contribution in [3.05, 3.63) is 17.7 Å². The van der Waals surface area contributed by atoms with E-state index in [-0.39, 0.29) is 6.17 Å². The SMILES string of the molecule is NC1CCCc2nc(CC3CCCCN3)cn21. The van der Waals surface area contributed by atoms with Gasteiger partial charge in [-0.15, -0.1) is 0 Å². The highest BCUT2D eigenvalue weighted by atomic mass is 15.2. The average Bonchev–Trinajstić information content (AvgIpc) is 2.74. The maximum atomic E-state index is 6.10. The van der Waals surface area contributed by atoms with E-state index in [9.17, 15) is 0 Å². The Hall–Kier alpha value is -0.870. The summed E-state index contributed by atoms with van der Waals surface area (Å²) in [4.78, 5) is 4.74. The van der Waals surface area contributed by atoms with Crippen LogP contribution in [0.1, 0.15) is 49.8 Å². The van der Waals surface area contributed by atoms with Crippen LogP contribution in [0.3, 0.4) is 0 Å². The number of nitrogens with one attached hydrogen (secondary N) is 1. The highest BCUT2D eigenvalue weighted by Crippen LogP contribution is 2.22. The van der Waals surface area contributed by atoms with Crippen LogP contribution in [-0.4, -0.2) is 22.1 Å². The van der Waals surface area contributed by atoms with E-state index in [1.807, 2.05) is 0 Å². The van der Waals surface area contributed by atoms with Gasteiger partial charge in [-0.3, -0.25) is 0 Å². The molecule has 4 heteroatoms. The van der Waals surface area contributed by atoms with Crippen molar-refractivity contribution in [1.82, 2.24) is 14.9 Å². The maximum absolute atomic E-state index is 6.10. The van der Waals surface area contributed by atoms with E-state index in [4.69, 9.17) is 10.7 Å². The molecule has 1 fully saturated rings. The summed E-state index contributed by atoms with van der Waals surface area (Å²) in [5, 5.41) is 3.58. The molecule has 2 unspecified atom stereocenters. The zero-order valence-electron chi connectivity index (χ0n) is 10.4. The highest BCUT2D eigenvalue weighted by Gasteiger charge is 2.20. The van der Waals surface area contributed by atoms with Gasteiger partial charge in [-0.05, 0) is 32.2 Å². The highest BCUT2D eigenvalue weighted by molar-refractivity contribution is 5.09. The van der Waals surface area contributed by atoms with Gasteiger partial charge in [0.05, 0.1) is 11.9 Å². The molecule has 3 N–H and O–H groups in total. The first kappa shape index (κ1) is 11.2. The van der Waals surface area contributed by atoms with Crippen LogP contribution in [-0.2, 0) is 12.8 Å². The number of fused-ring (bicyclic) bond motifs is 1. The molecule has 94 valence electrons. The smallest absolute Gasteiger partial charge is 0.110 e. The molecule has 0 amide bonds. The first-order valence-corrected chi connectivity index (χ1v) is 6.88. The Morgan fingerprint density at radius 3 is 3.06 bits per heavy atom. The van der Waals surface area contributed by atoms with Crippen LogP contribution >= 0.6 is 0 Å². The van der Waals surface area contributed by atoms with Gasteiger partial charge in [-0.25, -0.2) is 4.98 Å². The molecule has 0 aromatic carbocycles. The van der Waals surface area contributed by atoms with Crippen LogP contribution < -0.4 is 11.1 Å². The van der Waals surface area contributed by atoms with Crippen molar-refractivity contribution >= 4 is 0 Å². The van der Waals surface area contributed by atoms with Gasteiger partial charge in [-0.1, -0.05) is 6.42 Å². The quantitative estimate of drug-likeness (QED) is 0.812. The van der Waals surface area contributed by atoms with Crippen molar-refractivity contribution in [2.45, 2.75) is 57.2 Å². The second-order valence-electron chi connectivity index (χ2n) is 5.37. The van der Waals surface area contributed by atoms with Gasteiger partial charge in [0.25, 0.3) is 0 Å². The van der Waals surface area contributed by atoms with Crippen LogP contribution in [0.15, 0.2) is 6.20 Å². The number of piperidine rings is 1. The van der Waals surface area contributed by atoms with Gasteiger partial charge >= 0.3 is 0 Å². The van der Waals surface area contributed by atoms with Gasteiger partial charge in [-0.2, -0.15) is 0 Å². The number of imidazole rings is 1. The number of nitrogens with zero attached hydrogens (tertiary/aromatic N) is 2. The lowest BCUT2D eigenvalue weighted by molar-refractivity contribution is 0.397. The Bertz CT molecular complexity index is 379. The predicted molar refractivity (Wildman–Crippen MR) is 67.7 cm³/mol. The fourth-order valence-electron chi connectivity index (χ4n) is 3.02. The molecule has 0 radical (unpaired) electrons. The summed E-state index contributed by atoms with van der Waals surface area (Å²) in [5.74, 6) is 1.19. The van der Waals surface area contributed by atoms with Gasteiger partial charge in [0.15, 0.2) is 0 Å². The molecule has 2 aliphatic rings. The second kappa shape index (κ2) is 4.78. The van der Waals surface area contributed by atoms with Crippen molar-refractivity contribution in [3.8, 4) is 0 Å². The van der Waals surface area contributed by atoms with E-state index in [1.165, 1.54) is 37.2 Å². The van der Waals surface area contributed by atoms with E-state index < -0.39 is 0 Å². The molecule has 0 aliphatic carbocycles. The van der Waals surface area contributed by atoms with E-state index in [1.54, 1.807) is 0 Å². The van der Waals surface area contributed by atoms with E-state index >= 15 is 0 Å². The molecule has 1 saturated heterocycles. The van der Waals surface area contributed by atoms with Crippen molar-refractivity contribution < 1.29 is 0 Å². The largest absolute Gasteiger partial charge is 0.319 e. The van der Waals surface area contributed by atoms with Gasteiger partial charge in [0, 0.05) is 25.1 Å². The Morgan fingerprint density at radius 1 is 1.35 bits per heavy atom. The summed E-state index contributed by atoms with van der Waals surface area (Å²) >= 11 is 0. The standard InChI is InChI=1S/C13H22N4/c14-12-5-3-6-13-16-11(9-17(12)13)8-10-4-1-2-7-15-10/h9-10,12,15H,1-8,14H2. The number of aryl methyl sites for hydroxylation is 1. The van der Waals surface area contributed by atoms with Crippen LogP contribution in [0.4, 0.5) is 0 Å². The molecule has 0 spiro atoms. The molecule has 2 aliphatic heterocycles. The third-order valence-corrected chi connectivity index (χ3v) is 3.98. The molecule has 2 atom stereocenters. The Labute approximate surface area is 103 Å². The van der Waals surface area contributed by atoms with Crippen LogP contribution in [0, 0.1) is 0 Å². The van der Waals surface area contributed by atoms with Gasteiger partial charge < -0.3 is 15.6 Å². The first-order valence-electron chi connectivity index (χ1n) is 6.88. The Morgan fingerprint density at radius 2 is 2.29 bits per heavy atom. The summed E-state index contributed by atoms with van der Waals surface area (Å²) in [6.07, 6.45) is 10.7. The second-order valence-corrected chi connectivity index (χ2v) is 5.37. The minimum absolute atomic E-state index is 0.152. The van der Waals surface area contributed by atoms with Crippen LogP contribution in [0.25, 0.3) is 0 Å². The molecule has 4 nitrogen and oxygen atoms in total. The molecular weight excluding hydrogens is 212 g/mol. The molecular formula is C13H22N4. The summed E-state index contributed by atoms with van der Waals surface area (Å²) in [5.41, 5.74) is 7.32. The van der Waals surface area contributed by atoms with Crippen molar-refractivity contribution in [1.29, 1.82) is 0 Å². The molecule has 3 rings (SSSR count). The fraction of sp³-hybridized carbons (Fsp3) is 0.769. The average molecular weight is 234 g/mol. The van der Waals surface area contributed by atoms with Crippen molar-refractivity contribution in [2.24, 2.45) is 5.73 Å². The topological polar surface area (TPSA) is 55.9 Å². The van der Waals surface area contributed by atoms with Gasteiger partial charge in [0.2, 0.25) is 0 Å². The summed E-state index contributed by atoms with van der Waals surface area (Å²) < 4.78 is 2.18. The molecule has 0 saturated carbocycles. The predicted octanol–water partition coefficient (Wildman–Crippen LogP) is 1.36. The lowest BCUT2D eigenvalue weighted by Crippen LogP contribution is -2.35. The zero-order chi connectivity index (χ0) is 11.7. The van der Waals surface area contributed by atoms with Crippen molar-refractivity contribution in [3.63, 3.8) is 0 Å². The van der Waals surface area contributed by atoms with Gasteiger partial charge in [0.1, 0.15) is 5.82 Å². The van der Waals surface area contributed by atoms with Crippen LogP contribution in [0.5, 0.6) is 0 Å². The zero-order valence-corrected chi connectivity index (χ0v) is 10.4. The number of rotatable bonds is 2. The normalized spacial score (nSPS) is 29.0. The third-order valence-electron chi connectivity index (χ3n) is 3.98. The van der Waals surface area contributed by atoms with Crippen LogP contribution in [0.2, 0.25) is 0 Å². The number of hydrogen-bond acceptors (Lipinski definition) is 3. The minimum Gasteiger partial charge on any atom is -0.319 e. The monoisotopic (exact) mass is 234 g/mol. The molecule has 17 heavy (non-hydrogen) atoms. The maximum Gasteiger partial charge on any atom is 0.110 e. The van der Waals surface area contributed by atoms with E-state index in [2.05, 4.69) is 16.1 Å². The summed E-state index contributed by atoms with van der Waals surface area (Å²) in [6.45, 7) is 1.16. The third kappa shape index (κ3) is 2.38. The van der Waals surface area contributed by atoms with E-state index in [0.717, 1.165) is 25.8 Å².